The zero-order valence-corrected chi connectivity index (χ0v) is 21.8. The normalized spacial score (nSPS) is 10.2. The Balaban J connectivity index is 1.99. The van der Waals surface area contributed by atoms with E-state index < -0.39 is 24.5 Å². The first-order valence-electron chi connectivity index (χ1n) is 8.31. The van der Waals surface area contributed by atoms with E-state index in [1.54, 1.807) is 36.4 Å². The van der Waals surface area contributed by atoms with Gasteiger partial charge in [0.15, 0.2) is 0 Å². The quantitative estimate of drug-likeness (QED) is 0.221. The third-order valence-corrected chi connectivity index (χ3v) is 6.26. The van der Waals surface area contributed by atoms with Crippen LogP contribution in [0.25, 0.3) is 6.08 Å². The highest BCUT2D eigenvalue weighted by atomic mass is 127. The summed E-state index contributed by atoms with van der Waals surface area (Å²) in [6.07, 6.45) is 1.62. The first kappa shape index (κ1) is 24.8. The molecule has 2 rings (SSSR count). The van der Waals surface area contributed by atoms with Crippen LogP contribution in [0.15, 0.2) is 36.9 Å². The van der Waals surface area contributed by atoms with E-state index in [9.17, 15) is 19.5 Å². The number of carboxylic acid groups (broad SMARTS) is 1. The molecular formula is C20H14I3O7-. The van der Waals surface area contributed by atoms with Crippen molar-refractivity contribution in [3.63, 3.8) is 0 Å². The van der Waals surface area contributed by atoms with Crippen LogP contribution in [-0.4, -0.2) is 37.7 Å². The Morgan fingerprint density at radius 1 is 1.00 bits per heavy atom. The largest absolute Gasteiger partial charge is 0.546 e. The van der Waals surface area contributed by atoms with E-state index in [4.69, 9.17) is 14.2 Å². The summed E-state index contributed by atoms with van der Waals surface area (Å²) in [5.41, 5.74) is 1.40. The van der Waals surface area contributed by atoms with E-state index >= 15 is 0 Å². The Labute approximate surface area is 213 Å². The third-order valence-electron chi connectivity index (χ3n) is 3.57. The van der Waals surface area contributed by atoms with Gasteiger partial charge >= 0.3 is 11.9 Å². The minimum Gasteiger partial charge on any atom is -0.546 e. The van der Waals surface area contributed by atoms with Crippen molar-refractivity contribution in [1.29, 1.82) is 0 Å². The van der Waals surface area contributed by atoms with E-state index in [1.165, 1.54) is 0 Å². The predicted molar refractivity (Wildman–Crippen MR) is 132 cm³/mol. The zero-order valence-electron chi connectivity index (χ0n) is 15.3. The van der Waals surface area contributed by atoms with E-state index in [0.29, 0.717) is 16.3 Å². The smallest absolute Gasteiger partial charge is 0.340 e. The third kappa shape index (κ3) is 6.80. The van der Waals surface area contributed by atoms with Crippen LogP contribution in [0.4, 0.5) is 0 Å². The molecule has 0 heterocycles. The number of aliphatic carboxylic acids is 1. The van der Waals surface area contributed by atoms with Gasteiger partial charge in [0.1, 0.15) is 25.6 Å². The van der Waals surface area contributed by atoms with E-state index in [-0.39, 0.29) is 24.5 Å². The second kappa shape index (κ2) is 11.8. The van der Waals surface area contributed by atoms with Crippen molar-refractivity contribution in [2.45, 2.75) is 0 Å². The molecular weight excluding hydrogens is 733 g/mol. The van der Waals surface area contributed by atoms with Gasteiger partial charge in [-0.25, -0.2) is 9.59 Å². The van der Waals surface area contributed by atoms with Gasteiger partial charge in [0.25, 0.3) is 0 Å². The summed E-state index contributed by atoms with van der Waals surface area (Å²) < 4.78 is 17.3. The molecule has 0 saturated heterocycles. The van der Waals surface area contributed by atoms with Gasteiger partial charge in [-0.2, -0.15) is 0 Å². The topological polar surface area (TPSA) is 102 Å². The highest BCUT2D eigenvalue weighted by Crippen LogP contribution is 2.34. The van der Waals surface area contributed by atoms with Gasteiger partial charge in [-0.05, 0) is 91.5 Å². The van der Waals surface area contributed by atoms with Gasteiger partial charge in [-0.15, -0.1) is 0 Å². The van der Waals surface area contributed by atoms with Crippen molar-refractivity contribution in [1.82, 2.24) is 0 Å². The predicted octanol–water partition coefficient (Wildman–Crippen LogP) is 3.29. The molecule has 2 aromatic rings. The lowest BCUT2D eigenvalue weighted by atomic mass is 10.1. The highest BCUT2D eigenvalue weighted by Gasteiger charge is 2.22. The first-order chi connectivity index (χ1) is 14.2. The number of carbonyl (C=O) groups excluding carboxylic acids is 3. The first-order valence-corrected chi connectivity index (χ1v) is 11.5. The molecule has 0 unspecified atom stereocenters. The van der Waals surface area contributed by atoms with Crippen LogP contribution in [0.1, 0.15) is 26.3 Å². The van der Waals surface area contributed by atoms with Crippen molar-refractivity contribution in [2.75, 3.05) is 19.8 Å². The Kier molecular flexibility index (Phi) is 9.80. The van der Waals surface area contributed by atoms with Crippen LogP contribution in [0.3, 0.4) is 0 Å². The van der Waals surface area contributed by atoms with Crippen LogP contribution >= 0.6 is 67.8 Å². The molecule has 7 nitrogen and oxygen atoms in total. The molecule has 0 spiro atoms. The molecule has 0 aliphatic carbocycles. The molecule has 2 aromatic carbocycles. The Morgan fingerprint density at radius 2 is 1.67 bits per heavy atom. The number of ether oxygens (including phenoxy) is 3. The molecule has 0 bridgehead atoms. The highest BCUT2D eigenvalue weighted by molar-refractivity contribution is 14.1. The van der Waals surface area contributed by atoms with E-state index in [2.05, 4.69) is 6.58 Å². The van der Waals surface area contributed by atoms with E-state index in [0.717, 1.165) is 5.56 Å². The van der Waals surface area contributed by atoms with Crippen LogP contribution in [-0.2, 0) is 14.3 Å². The zero-order chi connectivity index (χ0) is 22.3. The number of hydrogen-bond donors (Lipinski definition) is 0. The maximum absolute atomic E-state index is 12.5. The second-order valence-electron chi connectivity index (χ2n) is 5.62. The Hall–Kier alpha value is -1.42. The van der Waals surface area contributed by atoms with Crippen LogP contribution < -0.4 is 9.84 Å². The van der Waals surface area contributed by atoms with Crippen LogP contribution in [0, 0.1) is 10.7 Å². The fraction of sp³-hybridized carbons (Fsp3) is 0.150. The standard InChI is InChI=1S/C20H15I3O7/c1-2-11-4-3-5-12(8-11)19(26)28-6-7-29-20(27)16-13(21)9-14(22)18(17(16)23)30-10-15(24)25/h2-5,8-9H,1,6-7,10H2,(H,24,25)/p-1. The molecule has 0 aliphatic heterocycles. The monoisotopic (exact) mass is 747 g/mol. The SMILES string of the molecule is C=Cc1cccc(C(=O)OCCOC(=O)c2c(I)cc(I)c(OCC(=O)[O-])c2I)c1. The summed E-state index contributed by atoms with van der Waals surface area (Å²) >= 11 is 5.87. The maximum atomic E-state index is 12.5. The minimum absolute atomic E-state index is 0.117. The second-order valence-corrected chi connectivity index (χ2v) is 9.02. The van der Waals surface area contributed by atoms with E-state index in [1.807, 2.05) is 67.8 Å². The van der Waals surface area contributed by atoms with Gasteiger partial charge in [-0.3, -0.25) is 0 Å². The van der Waals surface area contributed by atoms with Crippen molar-refractivity contribution >= 4 is 91.8 Å². The van der Waals surface area contributed by atoms with Crippen molar-refractivity contribution in [2.24, 2.45) is 0 Å². The molecule has 0 fully saturated rings. The van der Waals surface area contributed by atoms with Gasteiger partial charge in [0, 0.05) is 3.57 Å². The molecule has 0 aliphatic rings. The molecule has 30 heavy (non-hydrogen) atoms. The van der Waals surface area contributed by atoms with Crippen LogP contribution in [0.2, 0.25) is 0 Å². The molecule has 0 radical (unpaired) electrons. The molecule has 0 N–H and O–H groups in total. The lowest BCUT2D eigenvalue weighted by molar-refractivity contribution is -0.307. The Bertz CT molecular complexity index is 989. The minimum atomic E-state index is -1.37. The molecule has 0 aromatic heterocycles. The summed E-state index contributed by atoms with van der Waals surface area (Å²) in [5.74, 6) is -2.28. The lowest BCUT2D eigenvalue weighted by Gasteiger charge is -2.15. The number of benzene rings is 2. The number of rotatable bonds is 9. The lowest BCUT2D eigenvalue weighted by Crippen LogP contribution is -2.29. The number of esters is 2. The summed E-state index contributed by atoms with van der Waals surface area (Å²) in [5, 5.41) is 10.7. The van der Waals surface area contributed by atoms with Gasteiger partial charge in [0.2, 0.25) is 0 Å². The molecule has 158 valence electrons. The summed E-state index contributed by atoms with van der Waals surface area (Å²) in [4.78, 5) is 35.3. The molecule has 0 saturated carbocycles. The van der Waals surface area contributed by atoms with Gasteiger partial charge in [-0.1, -0.05) is 24.8 Å². The summed E-state index contributed by atoms with van der Waals surface area (Å²) in [7, 11) is 0. The molecule has 0 amide bonds. The van der Waals surface area contributed by atoms with Crippen molar-refractivity contribution < 1.29 is 33.7 Å². The molecule has 0 atom stereocenters. The Morgan fingerprint density at radius 3 is 2.30 bits per heavy atom. The number of carbonyl (C=O) groups is 3. The average molecular weight is 747 g/mol. The number of hydrogen-bond acceptors (Lipinski definition) is 7. The molecule has 10 heteroatoms. The number of carboxylic acids is 1. The van der Waals surface area contributed by atoms with Crippen molar-refractivity contribution in [3.05, 3.63) is 64.3 Å². The van der Waals surface area contributed by atoms with Crippen LogP contribution in [0.5, 0.6) is 5.75 Å². The van der Waals surface area contributed by atoms with Crippen molar-refractivity contribution in [3.8, 4) is 5.75 Å². The number of halogens is 3. The van der Waals surface area contributed by atoms with Gasteiger partial charge in [0.05, 0.1) is 24.2 Å². The summed E-state index contributed by atoms with van der Waals surface area (Å²) in [6, 6.07) is 8.46. The van der Waals surface area contributed by atoms with Gasteiger partial charge < -0.3 is 24.1 Å². The average Bonchev–Trinajstić information content (AvgIpc) is 2.70. The maximum Gasteiger partial charge on any atom is 0.340 e. The summed E-state index contributed by atoms with van der Waals surface area (Å²) in [6.45, 7) is 2.76. The fourth-order valence-electron chi connectivity index (χ4n) is 2.24. The fourth-order valence-corrected chi connectivity index (χ4v) is 6.36.